The smallest absolute Gasteiger partial charge is 0.308 e. The standard InChI is InChI=1S/C20H22ClNO4/c1-3-25-15-11-9-14(10-12-15)20(24)22-18(13-19(23)26-4-2)16-7-5-6-8-17(16)21/h5-12,18H,3-4,13H2,1-2H3,(H,22,24)/t18-/m1/s1. The number of carbonyl (C=O) groups is 2. The van der Waals surface area contributed by atoms with Gasteiger partial charge >= 0.3 is 5.97 Å². The van der Waals surface area contributed by atoms with E-state index >= 15 is 0 Å². The molecule has 1 amide bonds. The number of esters is 1. The molecular weight excluding hydrogens is 354 g/mol. The molecule has 0 saturated heterocycles. The van der Waals surface area contributed by atoms with Gasteiger partial charge < -0.3 is 14.8 Å². The molecule has 1 atom stereocenters. The molecule has 138 valence electrons. The molecule has 0 radical (unpaired) electrons. The molecule has 0 heterocycles. The molecule has 6 heteroatoms. The third kappa shape index (κ3) is 5.49. The predicted molar refractivity (Wildman–Crippen MR) is 101 cm³/mol. The van der Waals surface area contributed by atoms with Crippen LogP contribution in [0.5, 0.6) is 5.75 Å². The van der Waals surface area contributed by atoms with Gasteiger partial charge in [0.15, 0.2) is 0 Å². The maximum absolute atomic E-state index is 12.6. The monoisotopic (exact) mass is 375 g/mol. The number of ether oxygens (including phenoxy) is 2. The molecule has 26 heavy (non-hydrogen) atoms. The second-order valence-corrected chi connectivity index (χ2v) is 5.92. The van der Waals surface area contributed by atoms with E-state index in [1.165, 1.54) is 0 Å². The highest BCUT2D eigenvalue weighted by atomic mass is 35.5. The minimum Gasteiger partial charge on any atom is -0.494 e. The van der Waals surface area contributed by atoms with E-state index in [4.69, 9.17) is 21.1 Å². The summed E-state index contributed by atoms with van der Waals surface area (Å²) in [5.74, 6) is -0.00934. The van der Waals surface area contributed by atoms with Gasteiger partial charge in [-0.05, 0) is 49.7 Å². The van der Waals surface area contributed by atoms with Crippen LogP contribution in [-0.2, 0) is 9.53 Å². The Morgan fingerprint density at radius 1 is 1.04 bits per heavy atom. The van der Waals surface area contributed by atoms with E-state index in [9.17, 15) is 9.59 Å². The summed E-state index contributed by atoms with van der Waals surface area (Å²) in [4.78, 5) is 24.5. The van der Waals surface area contributed by atoms with Crippen molar-refractivity contribution in [3.8, 4) is 5.75 Å². The SMILES string of the molecule is CCOC(=O)C[C@@H](NC(=O)c1ccc(OCC)cc1)c1ccccc1Cl. The van der Waals surface area contributed by atoms with Crippen LogP contribution in [-0.4, -0.2) is 25.1 Å². The van der Waals surface area contributed by atoms with Crippen molar-refractivity contribution in [1.82, 2.24) is 5.32 Å². The number of rotatable bonds is 8. The normalized spacial score (nSPS) is 11.5. The highest BCUT2D eigenvalue weighted by Gasteiger charge is 2.22. The van der Waals surface area contributed by atoms with Gasteiger partial charge in [0.25, 0.3) is 5.91 Å². The molecular formula is C20H22ClNO4. The fourth-order valence-electron chi connectivity index (χ4n) is 2.49. The van der Waals surface area contributed by atoms with Crippen LogP contribution in [0, 0.1) is 0 Å². The first-order valence-corrected chi connectivity index (χ1v) is 8.86. The maximum Gasteiger partial charge on any atom is 0.308 e. The summed E-state index contributed by atoms with van der Waals surface area (Å²) in [6, 6.07) is 13.3. The Hall–Kier alpha value is -2.53. The maximum atomic E-state index is 12.6. The third-order valence-corrected chi connectivity index (χ3v) is 4.03. The first-order valence-electron chi connectivity index (χ1n) is 8.48. The van der Waals surface area contributed by atoms with Gasteiger partial charge in [-0.25, -0.2) is 0 Å². The molecule has 0 fully saturated rings. The number of hydrogen-bond donors (Lipinski definition) is 1. The lowest BCUT2D eigenvalue weighted by Crippen LogP contribution is -2.30. The van der Waals surface area contributed by atoms with Gasteiger partial charge in [-0.3, -0.25) is 9.59 Å². The van der Waals surface area contributed by atoms with Gasteiger partial charge in [0.2, 0.25) is 0 Å². The molecule has 2 aromatic rings. The van der Waals surface area contributed by atoms with Crippen LogP contribution < -0.4 is 10.1 Å². The Balaban J connectivity index is 2.18. The van der Waals surface area contributed by atoms with Crippen molar-refractivity contribution in [2.24, 2.45) is 0 Å². The molecule has 2 aromatic carbocycles. The van der Waals surface area contributed by atoms with Crippen molar-refractivity contribution < 1.29 is 19.1 Å². The summed E-state index contributed by atoms with van der Waals surface area (Å²) in [6.45, 7) is 4.46. The zero-order valence-corrected chi connectivity index (χ0v) is 15.6. The fourth-order valence-corrected chi connectivity index (χ4v) is 2.76. The number of carbonyl (C=O) groups excluding carboxylic acids is 2. The molecule has 1 N–H and O–H groups in total. The second kappa shape index (κ2) is 9.82. The van der Waals surface area contributed by atoms with Gasteiger partial charge in [-0.15, -0.1) is 0 Å². The Morgan fingerprint density at radius 3 is 2.35 bits per heavy atom. The van der Waals surface area contributed by atoms with Gasteiger partial charge in [-0.2, -0.15) is 0 Å². The lowest BCUT2D eigenvalue weighted by atomic mass is 10.0. The minimum absolute atomic E-state index is 0.000340. The summed E-state index contributed by atoms with van der Waals surface area (Å²) < 4.78 is 10.4. The number of amides is 1. The quantitative estimate of drug-likeness (QED) is 0.703. The summed E-state index contributed by atoms with van der Waals surface area (Å²) in [7, 11) is 0. The lowest BCUT2D eigenvalue weighted by molar-refractivity contribution is -0.143. The van der Waals surface area contributed by atoms with Crippen molar-refractivity contribution in [2.75, 3.05) is 13.2 Å². The molecule has 0 aromatic heterocycles. The molecule has 0 bridgehead atoms. The van der Waals surface area contributed by atoms with Crippen LogP contribution in [0.1, 0.15) is 42.2 Å². The Morgan fingerprint density at radius 2 is 1.73 bits per heavy atom. The van der Waals surface area contributed by atoms with E-state index < -0.39 is 12.0 Å². The van der Waals surface area contributed by atoms with Gasteiger partial charge in [-0.1, -0.05) is 29.8 Å². The van der Waals surface area contributed by atoms with Crippen LogP contribution in [0.4, 0.5) is 0 Å². The predicted octanol–water partition coefficient (Wildman–Crippen LogP) is 4.16. The summed E-state index contributed by atoms with van der Waals surface area (Å²) >= 11 is 6.24. The Labute approximate surface area is 158 Å². The Kier molecular flexibility index (Phi) is 7.48. The first kappa shape index (κ1) is 19.8. The highest BCUT2D eigenvalue weighted by molar-refractivity contribution is 6.31. The van der Waals surface area contributed by atoms with Crippen LogP contribution in [0.25, 0.3) is 0 Å². The van der Waals surface area contributed by atoms with Crippen LogP contribution in [0.2, 0.25) is 5.02 Å². The first-order chi connectivity index (χ1) is 12.5. The minimum atomic E-state index is -0.582. The lowest BCUT2D eigenvalue weighted by Gasteiger charge is -2.20. The van der Waals surface area contributed by atoms with E-state index in [2.05, 4.69) is 5.32 Å². The molecule has 0 aliphatic heterocycles. The zero-order valence-electron chi connectivity index (χ0n) is 14.8. The average Bonchev–Trinajstić information content (AvgIpc) is 2.62. The highest BCUT2D eigenvalue weighted by Crippen LogP contribution is 2.26. The fraction of sp³-hybridized carbons (Fsp3) is 0.300. The molecule has 5 nitrogen and oxygen atoms in total. The van der Waals surface area contributed by atoms with E-state index in [0.29, 0.717) is 28.5 Å². The van der Waals surface area contributed by atoms with Crippen molar-refractivity contribution in [2.45, 2.75) is 26.3 Å². The molecule has 0 saturated carbocycles. The molecule has 0 spiro atoms. The molecule has 2 rings (SSSR count). The van der Waals surface area contributed by atoms with E-state index in [-0.39, 0.29) is 18.9 Å². The van der Waals surface area contributed by atoms with E-state index in [1.54, 1.807) is 49.4 Å². The van der Waals surface area contributed by atoms with Gasteiger partial charge in [0.05, 0.1) is 25.7 Å². The Bertz CT molecular complexity index is 746. The van der Waals surface area contributed by atoms with E-state index in [1.807, 2.05) is 13.0 Å². The van der Waals surface area contributed by atoms with Crippen molar-refractivity contribution >= 4 is 23.5 Å². The summed E-state index contributed by atoms with van der Waals surface area (Å²) in [5, 5.41) is 3.35. The molecule has 0 aliphatic rings. The summed E-state index contributed by atoms with van der Waals surface area (Å²) in [5.41, 5.74) is 1.14. The van der Waals surface area contributed by atoms with Gasteiger partial charge in [0, 0.05) is 10.6 Å². The third-order valence-electron chi connectivity index (χ3n) is 3.69. The zero-order chi connectivity index (χ0) is 18.9. The van der Waals surface area contributed by atoms with E-state index in [0.717, 1.165) is 0 Å². The number of nitrogens with one attached hydrogen (secondary N) is 1. The molecule has 0 unspecified atom stereocenters. The van der Waals surface area contributed by atoms with Gasteiger partial charge in [0.1, 0.15) is 5.75 Å². The average molecular weight is 376 g/mol. The van der Waals surface area contributed by atoms with Crippen LogP contribution in [0.15, 0.2) is 48.5 Å². The summed E-state index contributed by atoms with van der Waals surface area (Å²) in [6.07, 6.45) is 0.000340. The van der Waals surface area contributed by atoms with Crippen LogP contribution in [0.3, 0.4) is 0 Å². The topological polar surface area (TPSA) is 64.6 Å². The van der Waals surface area contributed by atoms with Crippen LogP contribution >= 0.6 is 11.6 Å². The largest absolute Gasteiger partial charge is 0.494 e. The molecule has 0 aliphatic carbocycles. The number of benzene rings is 2. The van der Waals surface area contributed by atoms with Crippen molar-refractivity contribution in [1.29, 1.82) is 0 Å². The second-order valence-electron chi connectivity index (χ2n) is 5.51. The van der Waals surface area contributed by atoms with Crippen molar-refractivity contribution in [3.63, 3.8) is 0 Å². The number of halogens is 1. The number of hydrogen-bond acceptors (Lipinski definition) is 4. The van der Waals surface area contributed by atoms with Crippen molar-refractivity contribution in [3.05, 3.63) is 64.7 Å².